The van der Waals surface area contributed by atoms with E-state index in [0.717, 1.165) is 28.1 Å². The molecule has 3 aromatic carbocycles. The highest BCUT2D eigenvalue weighted by atomic mass is 35.5. The molecular weight excluding hydrogens is 417 g/mol. The fourth-order valence-electron chi connectivity index (χ4n) is 2.69. The van der Waals surface area contributed by atoms with Crippen molar-refractivity contribution in [2.75, 3.05) is 11.1 Å². The van der Waals surface area contributed by atoms with Crippen LogP contribution in [0.1, 0.15) is 0 Å². The first-order valence-corrected chi connectivity index (χ1v) is 10.0. The van der Waals surface area contributed by atoms with Gasteiger partial charge in [-0.15, -0.1) is 10.2 Å². The lowest BCUT2D eigenvalue weighted by atomic mass is 10.0. The van der Waals surface area contributed by atoms with Crippen LogP contribution in [0.15, 0.2) is 70.3 Å². The summed E-state index contributed by atoms with van der Waals surface area (Å²) in [5.41, 5.74) is 1.43. The first-order valence-electron chi connectivity index (χ1n) is 8.29. The molecule has 8 heteroatoms. The van der Waals surface area contributed by atoms with Gasteiger partial charge in [0.15, 0.2) is 0 Å². The summed E-state index contributed by atoms with van der Waals surface area (Å²) < 4.78 is 5.74. The molecule has 1 N–H and O–H groups in total. The average molecular weight is 430 g/mol. The van der Waals surface area contributed by atoms with Crippen molar-refractivity contribution < 1.29 is 9.21 Å². The van der Waals surface area contributed by atoms with E-state index in [0.29, 0.717) is 26.8 Å². The zero-order valence-corrected chi connectivity index (χ0v) is 16.7. The van der Waals surface area contributed by atoms with E-state index < -0.39 is 0 Å². The predicted molar refractivity (Wildman–Crippen MR) is 113 cm³/mol. The number of nitrogens with one attached hydrogen (secondary N) is 1. The number of anilines is 1. The van der Waals surface area contributed by atoms with Crippen molar-refractivity contribution in [3.05, 3.63) is 70.7 Å². The summed E-state index contributed by atoms with van der Waals surface area (Å²) in [5.74, 6) is 0.328. The van der Waals surface area contributed by atoms with Gasteiger partial charge in [0.1, 0.15) is 0 Å². The Morgan fingerprint density at radius 1 is 1.00 bits per heavy atom. The van der Waals surface area contributed by atoms with Crippen LogP contribution in [-0.4, -0.2) is 21.9 Å². The highest BCUT2D eigenvalue weighted by Crippen LogP contribution is 2.30. The molecule has 0 aliphatic rings. The molecule has 0 fully saturated rings. The van der Waals surface area contributed by atoms with Crippen LogP contribution in [0.4, 0.5) is 5.69 Å². The summed E-state index contributed by atoms with van der Waals surface area (Å²) in [4.78, 5) is 12.1. The fourth-order valence-corrected chi connectivity index (χ4v) is 3.55. The highest BCUT2D eigenvalue weighted by molar-refractivity contribution is 7.99. The monoisotopic (exact) mass is 429 g/mol. The smallest absolute Gasteiger partial charge is 0.277 e. The van der Waals surface area contributed by atoms with Crippen molar-refractivity contribution in [3.63, 3.8) is 0 Å². The van der Waals surface area contributed by atoms with E-state index in [1.807, 2.05) is 42.5 Å². The van der Waals surface area contributed by atoms with Gasteiger partial charge in [0.25, 0.3) is 5.22 Å². The Morgan fingerprint density at radius 2 is 1.82 bits per heavy atom. The summed E-state index contributed by atoms with van der Waals surface area (Å²) in [6, 6.07) is 18.8. The lowest BCUT2D eigenvalue weighted by Crippen LogP contribution is -2.13. The van der Waals surface area contributed by atoms with Gasteiger partial charge >= 0.3 is 0 Å². The van der Waals surface area contributed by atoms with Gasteiger partial charge in [0, 0.05) is 11.3 Å². The minimum absolute atomic E-state index is 0.122. The second-order valence-corrected chi connectivity index (χ2v) is 7.61. The zero-order chi connectivity index (χ0) is 19.5. The van der Waals surface area contributed by atoms with Gasteiger partial charge < -0.3 is 9.73 Å². The normalized spacial score (nSPS) is 10.9. The molecule has 1 heterocycles. The summed E-state index contributed by atoms with van der Waals surface area (Å²) >= 11 is 13.0. The Hall–Kier alpha value is -2.54. The summed E-state index contributed by atoms with van der Waals surface area (Å²) in [5, 5.41) is 14.2. The van der Waals surface area contributed by atoms with Crippen molar-refractivity contribution in [2.45, 2.75) is 5.22 Å². The van der Waals surface area contributed by atoms with Crippen LogP contribution in [0.3, 0.4) is 0 Å². The Bertz CT molecular complexity index is 1160. The van der Waals surface area contributed by atoms with Crippen molar-refractivity contribution in [1.29, 1.82) is 0 Å². The third kappa shape index (κ3) is 4.14. The molecule has 0 aliphatic carbocycles. The van der Waals surface area contributed by atoms with Gasteiger partial charge in [-0.1, -0.05) is 71.4 Å². The zero-order valence-electron chi connectivity index (χ0n) is 14.4. The number of nitrogens with zero attached hydrogens (tertiary/aromatic N) is 2. The SMILES string of the molecule is O=C(CSc1nnc(-c2cccc3ccccc23)o1)Nc1ccc(Cl)c(Cl)c1. The fraction of sp³-hybridized carbons (Fsp3) is 0.0500. The standard InChI is InChI=1S/C20H13Cl2N3O2S/c21-16-9-8-13(10-17(16)22)23-18(26)11-28-20-25-24-19(27-20)15-7-3-5-12-4-1-2-6-14(12)15/h1-10H,11H2,(H,23,26). The van der Waals surface area contributed by atoms with Gasteiger partial charge in [-0.2, -0.15) is 0 Å². The maximum Gasteiger partial charge on any atom is 0.277 e. The number of rotatable bonds is 5. The molecule has 0 saturated heterocycles. The second kappa shape index (κ2) is 8.22. The number of amides is 1. The molecule has 5 nitrogen and oxygen atoms in total. The number of thioether (sulfide) groups is 1. The number of halogens is 2. The second-order valence-electron chi connectivity index (χ2n) is 5.87. The molecule has 0 aliphatic heterocycles. The Labute approximate surface area is 175 Å². The van der Waals surface area contributed by atoms with Crippen molar-refractivity contribution in [3.8, 4) is 11.5 Å². The Morgan fingerprint density at radius 3 is 2.68 bits per heavy atom. The summed E-state index contributed by atoms with van der Waals surface area (Å²) in [6.45, 7) is 0. The van der Waals surface area contributed by atoms with Crippen LogP contribution in [0.5, 0.6) is 0 Å². The molecule has 4 rings (SSSR count). The number of carbonyl (C=O) groups excluding carboxylic acids is 1. The van der Waals surface area contributed by atoms with Crippen LogP contribution < -0.4 is 5.32 Å². The molecular formula is C20H13Cl2N3O2S. The lowest BCUT2D eigenvalue weighted by Gasteiger charge is -2.05. The first-order chi connectivity index (χ1) is 13.6. The number of benzene rings is 3. The molecule has 140 valence electrons. The van der Waals surface area contributed by atoms with E-state index in [1.54, 1.807) is 18.2 Å². The van der Waals surface area contributed by atoms with E-state index in [9.17, 15) is 4.79 Å². The van der Waals surface area contributed by atoms with Crippen molar-refractivity contribution in [2.24, 2.45) is 0 Å². The molecule has 28 heavy (non-hydrogen) atoms. The molecule has 1 aromatic heterocycles. The van der Waals surface area contributed by atoms with Crippen LogP contribution in [0.25, 0.3) is 22.2 Å². The van der Waals surface area contributed by atoms with Crippen LogP contribution in [0, 0.1) is 0 Å². The van der Waals surface area contributed by atoms with Crippen molar-refractivity contribution >= 4 is 57.3 Å². The van der Waals surface area contributed by atoms with Gasteiger partial charge in [0.2, 0.25) is 11.8 Å². The van der Waals surface area contributed by atoms with E-state index in [2.05, 4.69) is 15.5 Å². The molecule has 0 bridgehead atoms. The molecule has 0 spiro atoms. The summed E-state index contributed by atoms with van der Waals surface area (Å²) in [7, 11) is 0. The van der Waals surface area contributed by atoms with Gasteiger partial charge in [-0.25, -0.2) is 0 Å². The quantitative estimate of drug-likeness (QED) is 0.398. The number of hydrogen-bond acceptors (Lipinski definition) is 5. The predicted octanol–water partition coefficient (Wildman–Crippen LogP) is 5.93. The largest absolute Gasteiger partial charge is 0.411 e. The van der Waals surface area contributed by atoms with Crippen molar-refractivity contribution in [1.82, 2.24) is 10.2 Å². The lowest BCUT2D eigenvalue weighted by molar-refractivity contribution is -0.113. The molecule has 0 saturated carbocycles. The van der Waals surface area contributed by atoms with Gasteiger partial charge in [0.05, 0.1) is 15.8 Å². The average Bonchev–Trinajstić information content (AvgIpc) is 3.18. The molecule has 0 radical (unpaired) electrons. The van der Waals surface area contributed by atoms with Crippen LogP contribution in [-0.2, 0) is 4.79 Å². The van der Waals surface area contributed by atoms with E-state index in [1.165, 1.54) is 0 Å². The molecule has 1 amide bonds. The number of aromatic nitrogens is 2. The van der Waals surface area contributed by atoms with Gasteiger partial charge in [-0.3, -0.25) is 4.79 Å². The Balaban J connectivity index is 1.43. The molecule has 0 atom stereocenters. The minimum atomic E-state index is -0.215. The van der Waals surface area contributed by atoms with E-state index >= 15 is 0 Å². The molecule has 4 aromatic rings. The molecule has 0 unspecified atom stereocenters. The first kappa shape index (κ1) is 18.8. The van der Waals surface area contributed by atoms with Crippen LogP contribution >= 0.6 is 35.0 Å². The highest BCUT2D eigenvalue weighted by Gasteiger charge is 2.13. The number of carbonyl (C=O) groups is 1. The summed E-state index contributed by atoms with van der Waals surface area (Å²) in [6.07, 6.45) is 0. The van der Waals surface area contributed by atoms with E-state index in [-0.39, 0.29) is 11.7 Å². The number of hydrogen-bond donors (Lipinski definition) is 1. The minimum Gasteiger partial charge on any atom is -0.411 e. The topological polar surface area (TPSA) is 68.0 Å². The maximum atomic E-state index is 12.1. The Kier molecular flexibility index (Phi) is 5.52. The third-order valence-electron chi connectivity index (χ3n) is 3.96. The van der Waals surface area contributed by atoms with E-state index in [4.69, 9.17) is 27.6 Å². The number of fused-ring (bicyclic) bond motifs is 1. The van der Waals surface area contributed by atoms with Gasteiger partial charge in [-0.05, 0) is 35.0 Å². The maximum absolute atomic E-state index is 12.1. The van der Waals surface area contributed by atoms with Crippen LogP contribution in [0.2, 0.25) is 10.0 Å². The third-order valence-corrected chi connectivity index (χ3v) is 5.51.